The van der Waals surface area contributed by atoms with Crippen LogP contribution in [0.3, 0.4) is 0 Å². The summed E-state index contributed by atoms with van der Waals surface area (Å²) in [4.78, 5) is 32.0. The average Bonchev–Trinajstić information content (AvgIpc) is 3.17. The van der Waals surface area contributed by atoms with E-state index in [4.69, 9.17) is 4.52 Å². The summed E-state index contributed by atoms with van der Waals surface area (Å²) < 4.78 is 17.1. The first-order chi connectivity index (χ1) is 16.9. The highest BCUT2D eigenvalue weighted by Crippen LogP contribution is 2.77. The van der Waals surface area contributed by atoms with Gasteiger partial charge in [0.2, 0.25) is 0 Å². The maximum atomic E-state index is 12.8. The number of carbonyl (C=O) groups is 1. The Labute approximate surface area is 223 Å². The number of phosphoric ester groups is 1. The van der Waals surface area contributed by atoms with Gasteiger partial charge < -0.3 is 14.9 Å². The number of carboxylic acids is 1. The second-order valence-corrected chi connectivity index (χ2v) is 16.3. The van der Waals surface area contributed by atoms with E-state index < -0.39 is 25.3 Å². The number of hydrogen-bond acceptors (Lipinski definition) is 3. The highest BCUT2D eigenvalue weighted by atomic mass is 31.2. The number of hydrogen-bond donors (Lipinski definition) is 3. The van der Waals surface area contributed by atoms with Crippen LogP contribution in [0, 0.1) is 56.7 Å². The van der Waals surface area contributed by atoms with Crippen molar-refractivity contribution in [1.29, 1.82) is 0 Å². The molecule has 0 spiro atoms. The van der Waals surface area contributed by atoms with Crippen molar-refractivity contribution in [3.05, 3.63) is 12.2 Å². The first-order valence-electron chi connectivity index (χ1n) is 14.6. The van der Waals surface area contributed by atoms with Crippen LogP contribution < -0.4 is 0 Å². The van der Waals surface area contributed by atoms with E-state index in [0.29, 0.717) is 30.1 Å². The van der Waals surface area contributed by atoms with Crippen LogP contribution in [0.25, 0.3) is 0 Å². The number of aliphatic carboxylic acids is 1. The molecule has 6 nitrogen and oxygen atoms in total. The molecule has 0 aromatic carbocycles. The normalized spacial score (nSPS) is 50.8. The lowest BCUT2D eigenvalue weighted by atomic mass is 9.32. The van der Waals surface area contributed by atoms with Crippen LogP contribution in [0.1, 0.15) is 106 Å². The Morgan fingerprint density at radius 2 is 1.54 bits per heavy atom. The van der Waals surface area contributed by atoms with Crippen molar-refractivity contribution in [1.82, 2.24) is 0 Å². The van der Waals surface area contributed by atoms with Gasteiger partial charge in [0, 0.05) is 0 Å². The minimum Gasteiger partial charge on any atom is -0.481 e. The van der Waals surface area contributed by atoms with Crippen LogP contribution >= 0.6 is 7.82 Å². The van der Waals surface area contributed by atoms with Crippen LogP contribution in [-0.4, -0.2) is 27.0 Å². The topological polar surface area (TPSA) is 104 Å². The van der Waals surface area contributed by atoms with Gasteiger partial charge in [-0.2, -0.15) is 0 Å². The van der Waals surface area contributed by atoms with Crippen molar-refractivity contribution >= 4 is 13.8 Å². The monoisotopic (exact) mass is 536 g/mol. The fourth-order valence-electron chi connectivity index (χ4n) is 11.8. The molecule has 0 aromatic heterocycles. The van der Waals surface area contributed by atoms with E-state index in [9.17, 15) is 24.3 Å². The van der Waals surface area contributed by atoms with Crippen LogP contribution in [0.5, 0.6) is 0 Å². The molecule has 0 amide bonds. The van der Waals surface area contributed by atoms with Gasteiger partial charge in [-0.3, -0.25) is 9.32 Å². The number of carboxylic acid groups (broad SMARTS) is 1. The van der Waals surface area contributed by atoms with Crippen molar-refractivity contribution in [2.75, 3.05) is 0 Å². The predicted molar refractivity (Wildman–Crippen MR) is 144 cm³/mol. The van der Waals surface area contributed by atoms with E-state index >= 15 is 0 Å². The van der Waals surface area contributed by atoms with E-state index in [1.54, 1.807) is 0 Å². The average molecular weight is 537 g/mol. The largest absolute Gasteiger partial charge is 0.481 e. The fraction of sp³-hybridized carbons (Fsp3) is 0.900. The third-order valence-electron chi connectivity index (χ3n) is 13.7. The fourth-order valence-corrected chi connectivity index (χ4v) is 12.6. The zero-order chi connectivity index (χ0) is 27.4. The molecule has 5 rings (SSSR count). The molecule has 5 aliphatic rings. The molecule has 0 saturated heterocycles. The first kappa shape index (κ1) is 27.9. The van der Waals surface area contributed by atoms with Crippen LogP contribution in [0.4, 0.5) is 0 Å². The molecule has 0 aliphatic heterocycles. The van der Waals surface area contributed by atoms with Gasteiger partial charge >= 0.3 is 13.8 Å². The molecular weight excluding hydrogens is 487 g/mol. The highest BCUT2D eigenvalue weighted by Gasteiger charge is 2.72. The molecule has 0 bridgehead atoms. The van der Waals surface area contributed by atoms with E-state index in [1.165, 1.54) is 0 Å². The Hall–Kier alpha value is -0.680. The van der Waals surface area contributed by atoms with Crippen molar-refractivity contribution in [2.45, 2.75) is 112 Å². The molecule has 37 heavy (non-hydrogen) atoms. The number of phosphoric acid groups is 1. The van der Waals surface area contributed by atoms with Gasteiger partial charge in [0.1, 0.15) is 0 Å². The molecule has 5 fully saturated rings. The molecule has 0 aromatic rings. The minimum absolute atomic E-state index is 0.0734. The molecule has 0 heterocycles. The Kier molecular flexibility index (Phi) is 6.34. The molecule has 0 radical (unpaired) electrons. The molecule has 3 N–H and O–H groups in total. The second-order valence-electron chi connectivity index (χ2n) is 15.1. The summed E-state index contributed by atoms with van der Waals surface area (Å²) in [5.74, 6) is 1.12. The maximum Gasteiger partial charge on any atom is 0.469 e. The summed E-state index contributed by atoms with van der Waals surface area (Å²) in [6, 6.07) is 0. The highest BCUT2D eigenvalue weighted by molar-refractivity contribution is 7.46. The Balaban J connectivity index is 1.51. The predicted octanol–water partition coefficient (Wildman–Crippen LogP) is 7.21. The van der Waals surface area contributed by atoms with Gasteiger partial charge in [-0.15, -0.1) is 0 Å². The molecule has 5 saturated carbocycles. The lowest BCUT2D eigenvalue weighted by molar-refractivity contribution is -0.247. The van der Waals surface area contributed by atoms with E-state index in [1.807, 2.05) is 0 Å². The van der Waals surface area contributed by atoms with Crippen LogP contribution in [0.15, 0.2) is 12.2 Å². The van der Waals surface area contributed by atoms with Crippen molar-refractivity contribution in [3.8, 4) is 0 Å². The van der Waals surface area contributed by atoms with Crippen molar-refractivity contribution < 1.29 is 28.8 Å². The minimum atomic E-state index is -4.55. The zero-order valence-electron chi connectivity index (χ0n) is 23.8. The summed E-state index contributed by atoms with van der Waals surface area (Å²) >= 11 is 0. The number of allylic oxidation sites excluding steroid dienone is 1. The summed E-state index contributed by atoms with van der Waals surface area (Å²) in [6.07, 6.45) is 8.93. The third-order valence-corrected chi connectivity index (χ3v) is 14.2. The molecule has 5 aliphatic carbocycles. The van der Waals surface area contributed by atoms with Gasteiger partial charge in [-0.25, -0.2) is 4.57 Å². The van der Waals surface area contributed by atoms with Crippen LogP contribution in [0.2, 0.25) is 0 Å². The summed E-state index contributed by atoms with van der Waals surface area (Å²) in [5.41, 5.74) is 0.498. The quantitative estimate of drug-likeness (QED) is 0.259. The van der Waals surface area contributed by atoms with Gasteiger partial charge in [-0.1, -0.05) is 46.8 Å². The van der Waals surface area contributed by atoms with Crippen molar-refractivity contribution in [3.63, 3.8) is 0 Å². The van der Waals surface area contributed by atoms with Gasteiger partial charge in [0.25, 0.3) is 0 Å². The summed E-state index contributed by atoms with van der Waals surface area (Å²) in [5, 5.41) is 10.5. The van der Waals surface area contributed by atoms with E-state index in [-0.39, 0.29) is 27.6 Å². The summed E-state index contributed by atoms with van der Waals surface area (Å²) in [6.45, 7) is 18.2. The Bertz CT molecular complexity index is 1030. The second kappa shape index (κ2) is 8.41. The van der Waals surface area contributed by atoms with Gasteiger partial charge in [0.15, 0.2) is 0 Å². The molecule has 4 unspecified atom stereocenters. The van der Waals surface area contributed by atoms with Crippen LogP contribution in [-0.2, 0) is 13.9 Å². The van der Waals surface area contributed by atoms with E-state index in [0.717, 1.165) is 63.4 Å². The van der Waals surface area contributed by atoms with Gasteiger partial charge in [0.05, 0.1) is 11.5 Å². The molecule has 10 atom stereocenters. The van der Waals surface area contributed by atoms with E-state index in [2.05, 4.69) is 48.1 Å². The maximum absolute atomic E-state index is 12.8. The summed E-state index contributed by atoms with van der Waals surface area (Å²) in [7, 11) is -4.55. The number of rotatable bonds is 4. The molecule has 7 heteroatoms. The first-order valence-corrected chi connectivity index (χ1v) is 16.1. The Morgan fingerprint density at radius 1 is 0.865 bits per heavy atom. The SMILES string of the molecule is C=C(C)[C@@H]1CC[C@]2(C(=O)O)CC[C@]3(C)C(CCC4[C@@]5(C)CC[C@H](OP(=O)(O)O)C(C)(C)C5CC[C@]43C)C12. The molecular formula is C30H49O6P. The molecule has 210 valence electrons. The lowest BCUT2D eigenvalue weighted by Gasteiger charge is -2.72. The van der Waals surface area contributed by atoms with Crippen molar-refractivity contribution in [2.24, 2.45) is 56.7 Å². The number of fused-ring (bicyclic) bond motifs is 7. The smallest absolute Gasteiger partial charge is 0.469 e. The Morgan fingerprint density at radius 3 is 2.14 bits per heavy atom. The van der Waals surface area contributed by atoms with Gasteiger partial charge in [-0.05, 0) is 122 Å². The third kappa shape index (κ3) is 3.67. The lowest BCUT2D eigenvalue weighted by Crippen LogP contribution is -2.67. The standard InChI is InChI=1S/C30H49O6P/c1-18(2)19-10-15-30(25(31)32)17-16-28(6)20(24(19)30)8-9-22-27(5)13-12-23(36-37(33,34)35)26(3,4)21(27)11-14-29(22,28)7/h19-24H,1,8-17H2,2-7H3,(H,31,32)(H2,33,34,35)/t19-,20?,21?,22?,23-,24?,27-,28+,29+,30-/m0/s1. The zero-order valence-corrected chi connectivity index (χ0v) is 24.7.